The first kappa shape index (κ1) is 11.9. The van der Waals surface area contributed by atoms with Gasteiger partial charge in [-0.25, -0.2) is 14.0 Å². The minimum absolute atomic E-state index is 0.876. The largest absolute Gasteiger partial charge is 0.478 e. The molecule has 88 valence electrons. The number of carbonyl (C=O) groups is 4. The molecule has 1 aliphatic rings. The fourth-order valence-corrected chi connectivity index (χ4v) is 1.05. The summed E-state index contributed by atoms with van der Waals surface area (Å²) in [6.07, 6.45) is -2.19. The van der Waals surface area contributed by atoms with E-state index in [2.05, 4.69) is 4.74 Å². The Hall–Kier alpha value is -2.19. The molecule has 8 nitrogen and oxygen atoms in total. The molecule has 1 heterocycles. The first-order chi connectivity index (χ1) is 7.28. The van der Waals surface area contributed by atoms with E-state index in [1.54, 1.807) is 5.32 Å². The van der Waals surface area contributed by atoms with Gasteiger partial charge in [-0.05, 0) is 0 Å². The summed E-state index contributed by atoms with van der Waals surface area (Å²) in [4.78, 5) is 43.0. The summed E-state index contributed by atoms with van der Waals surface area (Å²) in [5, 5.41) is 11.7. The second-order valence-electron chi connectivity index (χ2n) is 2.93. The van der Waals surface area contributed by atoms with Crippen molar-refractivity contribution in [2.24, 2.45) is 0 Å². The monoisotopic (exact) mass is 234 g/mol. The van der Waals surface area contributed by atoms with Crippen LogP contribution in [0.1, 0.15) is 6.92 Å². The number of alkyl halides is 1. The maximum Gasteiger partial charge on any atom is 0.357 e. The van der Waals surface area contributed by atoms with Crippen molar-refractivity contribution in [3.8, 4) is 0 Å². The van der Waals surface area contributed by atoms with Crippen molar-refractivity contribution in [2.45, 2.75) is 18.8 Å². The lowest BCUT2D eigenvalue weighted by Gasteiger charge is -2.32. The molecular formula is C7H7FN2O6. The van der Waals surface area contributed by atoms with Crippen LogP contribution >= 0.6 is 0 Å². The van der Waals surface area contributed by atoms with Gasteiger partial charge < -0.3 is 9.84 Å². The molecule has 16 heavy (non-hydrogen) atoms. The minimum atomic E-state index is -3.54. The highest BCUT2D eigenvalue weighted by molar-refractivity contribution is 6.13. The third kappa shape index (κ3) is 1.78. The summed E-state index contributed by atoms with van der Waals surface area (Å²) < 4.78 is 18.0. The molecule has 0 saturated carbocycles. The average Bonchev–Trinajstić information content (AvgIpc) is 2.12. The van der Waals surface area contributed by atoms with E-state index < -0.39 is 35.8 Å². The van der Waals surface area contributed by atoms with Crippen molar-refractivity contribution in [2.75, 3.05) is 0 Å². The zero-order valence-electron chi connectivity index (χ0n) is 7.94. The maximum absolute atomic E-state index is 13.8. The number of urea groups is 1. The molecule has 0 aromatic heterocycles. The maximum atomic E-state index is 13.8. The number of esters is 1. The third-order valence-corrected chi connectivity index (χ3v) is 1.78. The highest BCUT2D eigenvalue weighted by Crippen LogP contribution is 2.21. The van der Waals surface area contributed by atoms with Gasteiger partial charge in [0.2, 0.25) is 6.23 Å². The summed E-state index contributed by atoms with van der Waals surface area (Å²) in [7, 11) is 0. The van der Waals surface area contributed by atoms with Crippen LogP contribution in [0, 0.1) is 0 Å². The van der Waals surface area contributed by atoms with E-state index in [4.69, 9.17) is 5.11 Å². The van der Waals surface area contributed by atoms with E-state index in [-0.39, 0.29) is 0 Å². The minimum Gasteiger partial charge on any atom is -0.478 e. The molecular weight excluding hydrogens is 227 g/mol. The molecule has 0 aromatic carbocycles. The number of carboxylic acid groups (broad SMARTS) is 1. The lowest BCUT2D eigenvalue weighted by molar-refractivity contribution is -0.178. The van der Waals surface area contributed by atoms with Gasteiger partial charge in [0, 0.05) is 6.92 Å². The number of aliphatic carboxylic acids is 1. The van der Waals surface area contributed by atoms with Crippen molar-refractivity contribution in [1.29, 1.82) is 0 Å². The van der Waals surface area contributed by atoms with Gasteiger partial charge in [0.1, 0.15) is 0 Å². The van der Waals surface area contributed by atoms with E-state index in [0.717, 1.165) is 6.92 Å². The molecule has 2 atom stereocenters. The summed E-state index contributed by atoms with van der Waals surface area (Å²) in [6.45, 7) is 0.876. The standard InChI is InChI=1S/C7H7FN2O6/c1-2(11)16-4-7(8,5(13)14)3(12)9-6(15)10-4/h4H,1H3,(H,13,14)(H2,9,10,12,15). The number of amides is 3. The molecule has 0 radical (unpaired) electrons. The fourth-order valence-electron chi connectivity index (χ4n) is 1.05. The van der Waals surface area contributed by atoms with Crippen molar-refractivity contribution in [3.63, 3.8) is 0 Å². The normalized spacial score (nSPS) is 29.0. The van der Waals surface area contributed by atoms with Gasteiger partial charge in [0.15, 0.2) is 0 Å². The predicted octanol–water partition coefficient (Wildman–Crippen LogP) is -1.49. The lowest BCUT2D eigenvalue weighted by atomic mass is 10.0. The van der Waals surface area contributed by atoms with Crippen LogP contribution in [-0.4, -0.2) is 40.9 Å². The van der Waals surface area contributed by atoms with Gasteiger partial charge in [0.25, 0.3) is 5.91 Å². The number of rotatable bonds is 2. The molecule has 1 rings (SSSR count). The van der Waals surface area contributed by atoms with E-state index in [1.165, 1.54) is 5.32 Å². The number of nitrogens with one attached hydrogen (secondary N) is 2. The van der Waals surface area contributed by atoms with Gasteiger partial charge in [0.05, 0.1) is 0 Å². The summed E-state index contributed by atoms with van der Waals surface area (Å²) in [6, 6.07) is -1.15. The smallest absolute Gasteiger partial charge is 0.357 e. The van der Waals surface area contributed by atoms with Gasteiger partial charge in [-0.3, -0.25) is 20.2 Å². The van der Waals surface area contributed by atoms with Crippen molar-refractivity contribution < 1.29 is 33.4 Å². The topological polar surface area (TPSA) is 122 Å². The zero-order chi connectivity index (χ0) is 12.5. The van der Waals surface area contributed by atoms with E-state index in [1.807, 2.05) is 0 Å². The van der Waals surface area contributed by atoms with Crippen molar-refractivity contribution in [1.82, 2.24) is 10.6 Å². The highest BCUT2D eigenvalue weighted by atomic mass is 19.1. The molecule has 0 aliphatic carbocycles. The quantitative estimate of drug-likeness (QED) is 0.395. The van der Waals surface area contributed by atoms with E-state index in [9.17, 15) is 23.6 Å². The van der Waals surface area contributed by atoms with Crippen LogP contribution in [0.4, 0.5) is 9.18 Å². The number of hydrogen-bond acceptors (Lipinski definition) is 5. The van der Waals surface area contributed by atoms with Crippen molar-refractivity contribution in [3.05, 3.63) is 0 Å². The van der Waals surface area contributed by atoms with Crippen LogP contribution in [0.5, 0.6) is 0 Å². The third-order valence-electron chi connectivity index (χ3n) is 1.78. The molecule has 9 heteroatoms. The predicted molar refractivity (Wildman–Crippen MR) is 43.7 cm³/mol. The molecule has 2 unspecified atom stereocenters. The Morgan fingerprint density at radius 1 is 1.50 bits per heavy atom. The van der Waals surface area contributed by atoms with Gasteiger partial charge in [-0.15, -0.1) is 0 Å². The van der Waals surface area contributed by atoms with Gasteiger partial charge in [-0.1, -0.05) is 0 Å². The van der Waals surface area contributed by atoms with Crippen molar-refractivity contribution >= 4 is 23.9 Å². The molecule has 3 N–H and O–H groups in total. The Balaban J connectivity index is 3.07. The molecule has 1 fully saturated rings. The second-order valence-corrected chi connectivity index (χ2v) is 2.93. The van der Waals surface area contributed by atoms with Crippen LogP contribution in [0.15, 0.2) is 0 Å². The number of ether oxygens (including phenoxy) is 1. The Morgan fingerprint density at radius 2 is 2.06 bits per heavy atom. The van der Waals surface area contributed by atoms with Gasteiger partial charge >= 0.3 is 23.6 Å². The molecule has 3 amide bonds. The lowest BCUT2D eigenvalue weighted by Crippen LogP contribution is -2.70. The van der Waals surface area contributed by atoms with E-state index in [0.29, 0.717) is 0 Å². The Bertz CT molecular complexity index is 381. The molecule has 0 bridgehead atoms. The summed E-state index contributed by atoms with van der Waals surface area (Å²) in [5.41, 5.74) is -3.54. The molecule has 1 saturated heterocycles. The van der Waals surface area contributed by atoms with E-state index >= 15 is 0 Å². The summed E-state index contributed by atoms with van der Waals surface area (Å²) >= 11 is 0. The van der Waals surface area contributed by atoms with Crippen LogP contribution in [0.2, 0.25) is 0 Å². The number of carbonyl (C=O) groups excluding carboxylic acids is 3. The fraction of sp³-hybridized carbons (Fsp3) is 0.429. The Kier molecular flexibility index (Phi) is 2.79. The Morgan fingerprint density at radius 3 is 2.50 bits per heavy atom. The van der Waals surface area contributed by atoms with Crippen LogP contribution < -0.4 is 10.6 Å². The number of carboxylic acids is 1. The second kappa shape index (κ2) is 3.76. The average molecular weight is 234 g/mol. The number of imide groups is 1. The molecule has 0 aromatic rings. The zero-order valence-corrected chi connectivity index (χ0v) is 7.94. The molecule has 0 spiro atoms. The van der Waals surface area contributed by atoms with Crippen LogP contribution in [-0.2, 0) is 19.1 Å². The van der Waals surface area contributed by atoms with Crippen LogP contribution in [0.25, 0.3) is 0 Å². The number of halogens is 1. The first-order valence-electron chi connectivity index (χ1n) is 4.00. The highest BCUT2D eigenvalue weighted by Gasteiger charge is 2.60. The Labute approximate surface area is 87.7 Å². The number of hydrogen-bond donors (Lipinski definition) is 3. The molecule has 1 aliphatic heterocycles. The van der Waals surface area contributed by atoms with Crippen LogP contribution in [0.3, 0.4) is 0 Å². The first-order valence-corrected chi connectivity index (χ1v) is 4.00. The summed E-state index contributed by atoms with van der Waals surface area (Å²) in [5.74, 6) is -4.91. The SMILES string of the molecule is CC(=O)OC1NC(=O)NC(=O)C1(F)C(=O)O. The van der Waals surface area contributed by atoms with Gasteiger partial charge in [-0.2, -0.15) is 0 Å².